The minimum atomic E-state index is -0.686. The highest BCUT2D eigenvalue weighted by molar-refractivity contribution is 5.89. The number of nitrogens with zero attached hydrogens (tertiary/aromatic N) is 4. The van der Waals surface area contributed by atoms with Crippen molar-refractivity contribution in [1.29, 1.82) is 0 Å². The van der Waals surface area contributed by atoms with Crippen molar-refractivity contribution in [1.82, 2.24) is 40.4 Å². The molecule has 2 aliphatic heterocycles. The van der Waals surface area contributed by atoms with Gasteiger partial charge in [0.15, 0.2) is 0 Å². The minimum Gasteiger partial charge on any atom is -0.453 e. The Bertz CT molecular complexity index is 2680. The molecule has 4 heterocycles. The summed E-state index contributed by atoms with van der Waals surface area (Å²) in [7, 11) is 2.62. The van der Waals surface area contributed by atoms with Gasteiger partial charge in [-0.15, -0.1) is 0 Å². The van der Waals surface area contributed by atoms with Crippen LogP contribution >= 0.6 is 0 Å². The van der Waals surface area contributed by atoms with Crippen LogP contribution in [-0.2, 0) is 31.9 Å². The molecule has 10 rings (SSSR count). The number of carbonyl (C=O) groups is 4. The summed E-state index contributed by atoms with van der Waals surface area (Å²) in [4.78, 5) is 72.9. The molecule has 2 aromatic heterocycles. The van der Waals surface area contributed by atoms with Gasteiger partial charge in [0.05, 0.1) is 49.2 Å². The number of alkyl carbamates (subject to hydrolysis) is 2. The van der Waals surface area contributed by atoms with E-state index in [1.807, 2.05) is 43.7 Å². The van der Waals surface area contributed by atoms with Crippen LogP contribution in [0, 0.1) is 23.2 Å². The maximum atomic E-state index is 14.1. The van der Waals surface area contributed by atoms with E-state index in [2.05, 4.69) is 75.2 Å². The molecule has 3 aliphatic carbocycles. The molecule has 4 N–H and O–H groups in total. The summed E-state index contributed by atoms with van der Waals surface area (Å²) < 4.78 is 9.67. The van der Waals surface area contributed by atoms with E-state index < -0.39 is 24.3 Å². The third-order valence-corrected chi connectivity index (χ3v) is 15.4. The zero-order valence-corrected chi connectivity index (χ0v) is 38.9. The number of aromatic nitrogens is 4. The number of likely N-dealkylation sites (tertiary alicyclic amines) is 2. The van der Waals surface area contributed by atoms with Crippen LogP contribution < -0.4 is 10.6 Å². The number of benzene rings is 3. The van der Waals surface area contributed by atoms with Gasteiger partial charge in [-0.1, -0.05) is 83.0 Å². The number of carbonyl (C=O) groups excluding carboxylic acids is 4. The molecule has 0 bridgehead atoms. The van der Waals surface area contributed by atoms with Crippen LogP contribution in [0.4, 0.5) is 9.59 Å². The van der Waals surface area contributed by atoms with Crippen LogP contribution in [0.2, 0.25) is 0 Å². The molecule has 66 heavy (non-hydrogen) atoms. The molecule has 14 heteroatoms. The Labute approximate surface area is 386 Å². The van der Waals surface area contributed by atoms with Crippen molar-refractivity contribution in [3.8, 4) is 33.5 Å². The van der Waals surface area contributed by atoms with Crippen LogP contribution in [0.1, 0.15) is 114 Å². The van der Waals surface area contributed by atoms with Gasteiger partial charge in [-0.2, -0.15) is 0 Å². The number of amides is 4. The maximum absolute atomic E-state index is 14.1. The van der Waals surface area contributed by atoms with Crippen molar-refractivity contribution in [2.75, 3.05) is 20.8 Å². The lowest BCUT2D eigenvalue weighted by molar-refractivity contribution is -0.137. The van der Waals surface area contributed by atoms with Gasteiger partial charge in [0.1, 0.15) is 23.7 Å². The van der Waals surface area contributed by atoms with Gasteiger partial charge in [0.25, 0.3) is 0 Å². The Morgan fingerprint density at radius 2 is 1.35 bits per heavy atom. The van der Waals surface area contributed by atoms with Gasteiger partial charge in [0.2, 0.25) is 11.8 Å². The van der Waals surface area contributed by atoms with Gasteiger partial charge in [-0.05, 0) is 126 Å². The van der Waals surface area contributed by atoms with E-state index in [0.717, 1.165) is 78.0 Å². The number of ether oxygens (including phenoxy) is 2. The smallest absolute Gasteiger partial charge is 0.407 e. The first kappa shape index (κ1) is 43.7. The Morgan fingerprint density at radius 3 is 2.00 bits per heavy atom. The molecule has 5 aliphatic rings. The zero-order chi connectivity index (χ0) is 46.0. The van der Waals surface area contributed by atoms with Gasteiger partial charge in [-0.25, -0.2) is 19.6 Å². The summed E-state index contributed by atoms with van der Waals surface area (Å²) in [5, 5.41) is 5.51. The van der Waals surface area contributed by atoms with Gasteiger partial charge < -0.3 is 39.9 Å². The molecule has 2 saturated heterocycles. The molecule has 5 aromatic rings. The molecule has 6 atom stereocenters. The number of hydrogen-bond donors (Lipinski definition) is 4. The number of H-pyrrole nitrogens is 2. The molecular weight excluding hydrogens is 833 g/mol. The second-order valence-electron chi connectivity index (χ2n) is 20.3. The molecule has 0 radical (unpaired) electrons. The topological polar surface area (TPSA) is 175 Å². The molecule has 4 unspecified atom stereocenters. The zero-order valence-electron chi connectivity index (χ0n) is 38.9. The van der Waals surface area contributed by atoms with Crippen LogP contribution in [0.3, 0.4) is 0 Å². The monoisotopic (exact) mass is 894 g/mol. The molecule has 3 aromatic carbocycles. The lowest BCUT2D eigenvalue weighted by Crippen LogP contribution is -2.52. The average Bonchev–Trinajstić information content (AvgIpc) is 4.06. The third kappa shape index (κ3) is 7.89. The van der Waals surface area contributed by atoms with Crippen molar-refractivity contribution < 1.29 is 28.7 Å². The summed E-state index contributed by atoms with van der Waals surface area (Å²) in [5.41, 5.74) is 11.8. The number of imidazole rings is 2. The Balaban J connectivity index is 0.904. The summed E-state index contributed by atoms with van der Waals surface area (Å²) in [5.74, 6) is 1.58. The number of nitrogens with one attached hydrogen (secondary N) is 4. The van der Waals surface area contributed by atoms with E-state index in [1.54, 1.807) is 0 Å². The fourth-order valence-electron chi connectivity index (χ4n) is 11.8. The summed E-state index contributed by atoms with van der Waals surface area (Å²) in [6.07, 6.45) is 11.3. The fraction of sp³-hybridized carbons (Fsp3) is 0.500. The van der Waals surface area contributed by atoms with Crippen molar-refractivity contribution in [3.05, 3.63) is 83.6 Å². The highest BCUT2D eigenvalue weighted by Crippen LogP contribution is 2.55. The predicted octanol–water partition coefficient (Wildman–Crippen LogP) is 9.03. The first-order chi connectivity index (χ1) is 31.8. The molecule has 4 fully saturated rings. The summed E-state index contributed by atoms with van der Waals surface area (Å²) >= 11 is 0. The number of methoxy groups -OCH3 is 2. The van der Waals surface area contributed by atoms with Crippen LogP contribution in [-0.4, -0.2) is 92.6 Å². The first-order valence-corrected chi connectivity index (χ1v) is 24.0. The van der Waals surface area contributed by atoms with Crippen molar-refractivity contribution >= 4 is 35.0 Å². The van der Waals surface area contributed by atoms with Crippen molar-refractivity contribution in [2.24, 2.45) is 23.2 Å². The fourth-order valence-corrected chi connectivity index (χ4v) is 11.8. The van der Waals surface area contributed by atoms with E-state index >= 15 is 0 Å². The molecule has 4 amide bonds. The Hall–Kier alpha value is -6.18. The van der Waals surface area contributed by atoms with Gasteiger partial charge >= 0.3 is 12.2 Å². The second-order valence-corrected chi connectivity index (χ2v) is 20.3. The first-order valence-electron chi connectivity index (χ1n) is 24.0. The number of fused-ring (bicyclic) bond motifs is 3. The standard InChI is InChI=1S/C52H62N8O6/c1-28(2)44(57-50(63)65-5)48(61)59-21-9-10-41(59)46-53-27-40(56-46)31-13-11-30(12-14-31)34-16-17-35(37-26-52(25-36(34)37)19-7-8-20-52)32-15-18-38-39(22-32)55-47(54-38)43-24-33-23-42(33)60(43)49(62)45(29(3)4)58-51(64)66-6/h11-18,22,27-29,33,41-45H,7-10,19-21,23-26H2,1-6H3,(H,53,56)(H,54,55)(H,57,63)(H,58,64)/t33?,41-,42?,43?,44-,45?/m0/s1. The molecule has 1 spiro atoms. The molecular formula is C52H62N8O6. The molecule has 14 nitrogen and oxygen atoms in total. The van der Waals surface area contributed by atoms with E-state index in [-0.39, 0.29) is 41.8 Å². The predicted molar refractivity (Wildman–Crippen MR) is 251 cm³/mol. The maximum Gasteiger partial charge on any atom is 0.407 e. The van der Waals surface area contributed by atoms with Crippen molar-refractivity contribution in [2.45, 2.75) is 122 Å². The largest absolute Gasteiger partial charge is 0.453 e. The van der Waals surface area contributed by atoms with E-state index in [9.17, 15) is 19.2 Å². The Morgan fingerprint density at radius 1 is 0.727 bits per heavy atom. The number of rotatable bonds is 11. The molecule has 346 valence electrons. The van der Waals surface area contributed by atoms with Gasteiger partial charge in [-0.3, -0.25) is 9.59 Å². The quantitative estimate of drug-likeness (QED) is 0.102. The number of aromatic amines is 2. The average molecular weight is 895 g/mol. The number of hydrogen-bond acceptors (Lipinski definition) is 8. The van der Waals surface area contributed by atoms with E-state index in [0.29, 0.717) is 17.9 Å². The van der Waals surface area contributed by atoms with Crippen LogP contribution in [0.25, 0.3) is 44.5 Å². The SMILES string of the molecule is COC(=O)NC(C(=O)N1C(c2nc3ccc(-c4ccc(-c5ccc(-c6cnc([C@@H]7CCCN7C(=O)[C@@H](NC(=O)OC)C(C)C)[nH]6)cc5)c5c4CC4(CCCC4)C5)cc3[nH]2)CC2CC21)C(C)C. The van der Waals surface area contributed by atoms with Gasteiger partial charge in [0, 0.05) is 12.6 Å². The minimum absolute atomic E-state index is 0.0815. The third-order valence-electron chi connectivity index (χ3n) is 15.4. The van der Waals surface area contributed by atoms with Crippen LogP contribution in [0.15, 0.2) is 60.8 Å². The summed E-state index contributed by atoms with van der Waals surface area (Å²) in [6.45, 7) is 8.33. The summed E-state index contributed by atoms with van der Waals surface area (Å²) in [6, 6.07) is 18.3. The molecule has 2 saturated carbocycles. The lowest BCUT2D eigenvalue weighted by Gasteiger charge is -2.31. The van der Waals surface area contributed by atoms with E-state index in [1.165, 1.54) is 67.7 Å². The Kier molecular flexibility index (Phi) is 11.4. The second kappa shape index (κ2) is 17.2. The number of piperidine rings is 1. The van der Waals surface area contributed by atoms with Crippen molar-refractivity contribution in [3.63, 3.8) is 0 Å². The lowest BCUT2D eigenvalue weighted by atomic mass is 9.82. The highest BCUT2D eigenvalue weighted by Gasteiger charge is 2.56. The van der Waals surface area contributed by atoms with E-state index in [4.69, 9.17) is 19.4 Å². The highest BCUT2D eigenvalue weighted by atomic mass is 16.5. The van der Waals surface area contributed by atoms with Crippen LogP contribution in [0.5, 0.6) is 0 Å². The normalized spacial score (nSPS) is 22.5.